The van der Waals surface area contributed by atoms with Gasteiger partial charge in [-0.3, -0.25) is 9.59 Å². The van der Waals surface area contributed by atoms with Gasteiger partial charge in [-0.1, -0.05) is 22.9 Å². The molecule has 0 aromatic rings. The van der Waals surface area contributed by atoms with Crippen molar-refractivity contribution in [3.05, 3.63) is 0 Å². The predicted octanol–water partition coefficient (Wildman–Crippen LogP) is 0.477. The van der Waals surface area contributed by atoms with Crippen molar-refractivity contribution in [1.29, 1.82) is 0 Å². The summed E-state index contributed by atoms with van der Waals surface area (Å²) in [5.41, 5.74) is 0. The quantitative estimate of drug-likeness (QED) is 0.710. The van der Waals surface area contributed by atoms with Gasteiger partial charge in [-0.15, -0.1) is 0 Å². The molecule has 0 aromatic carbocycles. The molecule has 1 aliphatic heterocycles. The van der Waals surface area contributed by atoms with E-state index >= 15 is 0 Å². The Hall–Kier alpha value is -0.620. The number of carbonyl (C=O) groups excluding carboxylic acids is 2. The second-order valence-electron chi connectivity index (χ2n) is 4.01. The fraction of sp³-hybridized carbons (Fsp3) is 0.818. The van der Waals surface area contributed by atoms with E-state index in [0.29, 0.717) is 26.2 Å². The van der Waals surface area contributed by atoms with Crippen molar-refractivity contribution in [2.24, 2.45) is 0 Å². The molecular weight excluding hydrogens is 288 g/mol. The summed E-state index contributed by atoms with van der Waals surface area (Å²) in [5.74, 6) is 0.108. The van der Waals surface area contributed by atoms with E-state index in [1.807, 2.05) is 6.92 Å². The van der Waals surface area contributed by atoms with E-state index in [2.05, 4.69) is 15.9 Å². The zero-order valence-corrected chi connectivity index (χ0v) is 11.9. The number of ether oxygens (including phenoxy) is 1. The van der Waals surface area contributed by atoms with Crippen LogP contribution < -0.4 is 0 Å². The summed E-state index contributed by atoms with van der Waals surface area (Å²) in [6.45, 7) is 4.49. The van der Waals surface area contributed by atoms with Gasteiger partial charge in [0.1, 0.15) is 6.61 Å². The summed E-state index contributed by atoms with van der Waals surface area (Å²) in [5, 5.41) is 0. The Morgan fingerprint density at radius 2 is 1.76 bits per heavy atom. The summed E-state index contributed by atoms with van der Waals surface area (Å²) < 4.78 is 4.81. The smallest absolute Gasteiger partial charge is 0.248 e. The zero-order chi connectivity index (χ0) is 12.8. The molecule has 1 aliphatic rings. The van der Waals surface area contributed by atoms with Crippen molar-refractivity contribution in [3.63, 3.8) is 0 Å². The molecule has 1 fully saturated rings. The third-order valence-corrected chi connectivity index (χ3v) is 3.88. The van der Waals surface area contributed by atoms with Crippen LogP contribution in [-0.2, 0) is 14.3 Å². The molecule has 0 aliphatic carbocycles. The van der Waals surface area contributed by atoms with Crippen molar-refractivity contribution in [3.8, 4) is 0 Å². The third-order valence-electron chi connectivity index (χ3n) is 2.84. The standard InChI is InChI=1S/C11H19BrN2O3/c1-3-9(12)11(16)14-6-4-13(5-7-14)10(15)8-17-2/h9H,3-8H2,1-2H3. The highest BCUT2D eigenvalue weighted by molar-refractivity contribution is 9.10. The van der Waals surface area contributed by atoms with E-state index in [4.69, 9.17) is 4.74 Å². The SMILES string of the molecule is CCC(Br)C(=O)N1CCN(C(=O)COC)CC1. The monoisotopic (exact) mass is 306 g/mol. The Labute approximate surface area is 110 Å². The highest BCUT2D eigenvalue weighted by Crippen LogP contribution is 2.11. The first kappa shape index (κ1) is 14.4. The van der Waals surface area contributed by atoms with Gasteiger partial charge >= 0.3 is 0 Å². The molecule has 1 saturated heterocycles. The molecule has 0 saturated carbocycles. The Morgan fingerprint density at radius 3 is 2.24 bits per heavy atom. The lowest BCUT2D eigenvalue weighted by atomic mass is 10.2. The van der Waals surface area contributed by atoms with Gasteiger partial charge in [-0.2, -0.15) is 0 Å². The molecule has 0 N–H and O–H groups in total. The molecule has 5 nitrogen and oxygen atoms in total. The van der Waals surface area contributed by atoms with Crippen molar-refractivity contribution in [1.82, 2.24) is 9.80 Å². The highest BCUT2D eigenvalue weighted by Gasteiger charge is 2.26. The molecule has 0 aromatic heterocycles. The number of rotatable bonds is 4. The van der Waals surface area contributed by atoms with Gasteiger partial charge in [0, 0.05) is 33.3 Å². The maximum absolute atomic E-state index is 11.9. The zero-order valence-electron chi connectivity index (χ0n) is 10.3. The Kier molecular flexibility index (Phi) is 5.91. The second kappa shape index (κ2) is 6.96. The lowest BCUT2D eigenvalue weighted by molar-refractivity contribution is -0.141. The van der Waals surface area contributed by atoms with E-state index in [1.54, 1.807) is 9.80 Å². The Bertz CT molecular complexity index is 278. The van der Waals surface area contributed by atoms with E-state index in [-0.39, 0.29) is 23.2 Å². The topological polar surface area (TPSA) is 49.9 Å². The maximum atomic E-state index is 11.9. The van der Waals surface area contributed by atoms with Crippen LogP contribution in [0.25, 0.3) is 0 Å². The molecular formula is C11H19BrN2O3. The first-order chi connectivity index (χ1) is 8.10. The Morgan fingerprint density at radius 1 is 1.24 bits per heavy atom. The molecule has 6 heteroatoms. The summed E-state index contributed by atoms with van der Waals surface area (Å²) in [7, 11) is 1.51. The number of hydrogen-bond donors (Lipinski definition) is 0. The fourth-order valence-electron chi connectivity index (χ4n) is 1.76. The lowest BCUT2D eigenvalue weighted by Gasteiger charge is -2.35. The summed E-state index contributed by atoms with van der Waals surface area (Å²) in [4.78, 5) is 26.9. The van der Waals surface area contributed by atoms with Crippen LogP contribution in [0.1, 0.15) is 13.3 Å². The largest absolute Gasteiger partial charge is 0.375 e. The Balaban J connectivity index is 2.40. The number of alkyl halides is 1. The van der Waals surface area contributed by atoms with Crippen molar-refractivity contribution in [2.45, 2.75) is 18.2 Å². The molecule has 1 atom stereocenters. The van der Waals surface area contributed by atoms with Crippen LogP contribution in [0.3, 0.4) is 0 Å². The van der Waals surface area contributed by atoms with Crippen LogP contribution in [0.5, 0.6) is 0 Å². The number of amides is 2. The third kappa shape index (κ3) is 3.96. The number of methoxy groups -OCH3 is 1. The molecule has 0 radical (unpaired) electrons. The first-order valence-corrected chi connectivity index (χ1v) is 6.71. The molecule has 0 spiro atoms. The van der Waals surface area contributed by atoms with Crippen molar-refractivity contribution < 1.29 is 14.3 Å². The molecule has 17 heavy (non-hydrogen) atoms. The summed E-state index contributed by atoms with van der Waals surface area (Å²) >= 11 is 3.35. The first-order valence-electron chi connectivity index (χ1n) is 5.79. The molecule has 1 heterocycles. The fourth-order valence-corrected chi connectivity index (χ4v) is 2.05. The highest BCUT2D eigenvalue weighted by atomic mass is 79.9. The van der Waals surface area contributed by atoms with Gasteiger partial charge in [0.2, 0.25) is 11.8 Å². The number of hydrogen-bond acceptors (Lipinski definition) is 3. The average molecular weight is 307 g/mol. The van der Waals surface area contributed by atoms with Crippen molar-refractivity contribution in [2.75, 3.05) is 39.9 Å². The van der Waals surface area contributed by atoms with E-state index < -0.39 is 0 Å². The van der Waals surface area contributed by atoms with Crippen molar-refractivity contribution >= 4 is 27.7 Å². The van der Waals surface area contributed by atoms with Crippen LogP contribution in [0.2, 0.25) is 0 Å². The predicted molar refractivity (Wildman–Crippen MR) is 68.0 cm³/mol. The molecule has 98 valence electrons. The van der Waals surface area contributed by atoms with Gasteiger partial charge in [-0.05, 0) is 6.42 Å². The number of piperazine rings is 1. The molecule has 2 amide bonds. The van der Waals surface area contributed by atoms with E-state index in [9.17, 15) is 9.59 Å². The van der Waals surface area contributed by atoms with Gasteiger partial charge in [0.25, 0.3) is 0 Å². The minimum Gasteiger partial charge on any atom is -0.375 e. The summed E-state index contributed by atoms with van der Waals surface area (Å²) in [6, 6.07) is 0. The summed E-state index contributed by atoms with van der Waals surface area (Å²) in [6.07, 6.45) is 0.779. The molecule has 0 bridgehead atoms. The molecule has 1 rings (SSSR count). The number of halogens is 1. The van der Waals surface area contributed by atoms with Gasteiger partial charge < -0.3 is 14.5 Å². The van der Waals surface area contributed by atoms with E-state index in [0.717, 1.165) is 6.42 Å². The van der Waals surface area contributed by atoms with Gasteiger partial charge in [0.05, 0.1) is 4.83 Å². The minimum atomic E-state index is -0.108. The van der Waals surface area contributed by atoms with Gasteiger partial charge in [0.15, 0.2) is 0 Å². The van der Waals surface area contributed by atoms with Crippen LogP contribution in [0.15, 0.2) is 0 Å². The van der Waals surface area contributed by atoms with Gasteiger partial charge in [-0.25, -0.2) is 0 Å². The van der Waals surface area contributed by atoms with Crippen LogP contribution in [-0.4, -0.2) is 66.3 Å². The number of nitrogens with zero attached hydrogens (tertiary/aromatic N) is 2. The minimum absolute atomic E-state index is 0.00881. The average Bonchev–Trinajstić information content (AvgIpc) is 2.37. The van der Waals surface area contributed by atoms with Crippen LogP contribution in [0, 0.1) is 0 Å². The van der Waals surface area contributed by atoms with Crippen LogP contribution in [0.4, 0.5) is 0 Å². The second-order valence-corrected chi connectivity index (χ2v) is 5.12. The van der Waals surface area contributed by atoms with Crippen LogP contribution >= 0.6 is 15.9 Å². The maximum Gasteiger partial charge on any atom is 0.248 e. The normalized spacial score (nSPS) is 18.1. The molecule has 1 unspecified atom stereocenters. The number of carbonyl (C=O) groups is 2. The van der Waals surface area contributed by atoms with E-state index in [1.165, 1.54) is 7.11 Å². The lowest BCUT2D eigenvalue weighted by Crippen LogP contribution is -2.52.